The summed E-state index contributed by atoms with van der Waals surface area (Å²) in [6.07, 6.45) is 5.69. The van der Waals surface area contributed by atoms with Crippen LogP contribution in [0.3, 0.4) is 0 Å². The maximum absolute atomic E-state index is 13.4. The van der Waals surface area contributed by atoms with Gasteiger partial charge in [-0.05, 0) is 55.0 Å². The molecule has 4 atom stereocenters. The molecule has 9 nitrogen and oxygen atoms in total. The zero-order valence-corrected chi connectivity index (χ0v) is 27.2. The molecule has 2 unspecified atom stereocenters. The van der Waals surface area contributed by atoms with Crippen LogP contribution < -0.4 is 16.0 Å². The van der Waals surface area contributed by atoms with Gasteiger partial charge in [-0.25, -0.2) is 4.21 Å². The first kappa shape index (κ1) is 33.9. The normalized spacial score (nSPS) is 17.8. The van der Waals surface area contributed by atoms with Gasteiger partial charge in [0.2, 0.25) is 17.6 Å². The summed E-state index contributed by atoms with van der Waals surface area (Å²) in [6.45, 7) is 3.85. The topological polar surface area (TPSA) is 134 Å². The zero-order chi connectivity index (χ0) is 30.5. The number of Topliss-reactive ketones (excluding diaryl/α,β-unsaturated/α-hetero) is 1. The van der Waals surface area contributed by atoms with Crippen LogP contribution in [-0.4, -0.2) is 62.3 Å². The minimum absolute atomic E-state index is 0.116. The van der Waals surface area contributed by atoms with Gasteiger partial charge in [0.1, 0.15) is 12.1 Å². The first-order valence-corrected chi connectivity index (χ1v) is 17.7. The SMILES string of the molecule is CC(C)[C@H](NC(=O)CCCCC1CCSS1=O)C(=O)N[C@@H](Cc1ccc(Br)cc1)C(=O)C(=O)NCCc1ccccn1. The fourth-order valence-corrected chi connectivity index (χ4v) is 8.31. The van der Waals surface area contributed by atoms with Gasteiger partial charge in [-0.1, -0.05) is 65.2 Å². The molecule has 1 aliphatic heterocycles. The van der Waals surface area contributed by atoms with Gasteiger partial charge in [-0.15, -0.1) is 0 Å². The number of pyridine rings is 1. The molecule has 2 aromatic rings. The molecule has 1 fully saturated rings. The molecule has 0 spiro atoms. The molecule has 0 bridgehead atoms. The molecule has 12 heteroatoms. The quantitative estimate of drug-likeness (QED) is 0.140. The van der Waals surface area contributed by atoms with Crippen molar-refractivity contribution < 1.29 is 23.4 Å². The van der Waals surface area contributed by atoms with E-state index in [1.807, 2.05) is 50.2 Å². The van der Waals surface area contributed by atoms with Crippen molar-refractivity contribution in [2.75, 3.05) is 12.3 Å². The smallest absolute Gasteiger partial charge is 0.289 e. The highest BCUT2D eigenvalue weighted by Crippen LogP contribution is 2.29. The van der Waals surface area contributed by atoms with Crippen LogP contribution in [0.25, 0.3) is 0 Å². The highest BCUT2D eigenvalue weighted by molar-refractivity contribution is 9.10. The summed E-state index contributed by atoms with van der Waals surface area (Å²) in [5, 5.41) is 8.38. The van der Waals surface area contributed by atoms with Gasteiger partial charge < -0.3 is 16.0 Å². The van der Waals surface area contributed by atoms with E-state index in [0.717, 1.165) is 40.7 Å². The molecule has 1 aromatic heterocycles. The van der Waals surface area contributed by atoms with E-state index >= 15 is 0 Å². The Labute approximate surface area is 262 Å². The minimum atomic E-state index is -1.11. The van der Waals surface area contributed by atoms with Gasteiger partial charge in [0.15, 0.2) is 0 Å². The Morgan fingerprint density at radius 3 is 2.48 bits per heavy atom. The number of carbonyl (C=O) groups excluding carboxylic acids is 4. The van der Waals surface area contributed by atoms with Crippen molar-refractivity contribution in [3.05, 3.63) is 64.4 Å². The van der Waals surface area contributed by atoms with Crippen LogP contribution in [-0.2, 0) is 41.9 Å². The Balaban J connectivity index is 1.59. The number of nitrogens with zero attached hydrogens (tertiary/aromatic N) is 1. The highest BCUT2D eigenvalue weighted by Gasteiger charge is 2.31. The minimum Gasteiger partial charge on any atom is -0.349 e. The Bertz CT molecular complexity index is 1230. The Morgan fingerprint density at radius 1 is 1.07 bits per heavy atom. The molecule has 3 amide bonds. The number of rotatable bonds is 16. The predicted octanol–water partition coefficient (Wildman–Crippen LogP) is 3.67. The largest absolute Gasteiger partial charge is 0.349 e. The van der Waals surface area contributed by atoms with Crippen molar-refractivity contribution in [3.8, 4) is 0 Å². The third-order valence-electron chi connectivity index (χ3n) is 6.96. The average Bonchev–Trinajstić information content (AvgIpc) is 3.38. The fraction of sp³-hybridized carbons (Fsp3) is 0.500. The van der Waals surface area contributed by atoms with Crippen LogP contribution in [0.5, 0.6) is 0 Å². The van der Waals surface area contributed by atoms with E-state index in [1.165, 1.54) is 10.8 Å². The van der Waals surface area contributed by atoms with Crippen LogP contribution in [0, 0.1) is 5.92 Å². The number of halogens is 1. The van der Waals surface area contributed by atoms with Crippen molar-refractivity contribution >= 4 is 60.1 Å². The van der Waals surface area contributed by atoms with E-state index in [9.17, 15) is 23.4 Å². The molecule has 42 heavy (non-hydrogen) atoms. The van der Waals surface area contributed by atoms with Crippen LogP contribution in [0.4, 0.5) is 0 Å². The molecule has 1 aromatic carbocycles. The zero-order valence-electron chi connectivity index (χ0n) is 24.0. The summed E-state index contributed by atoms with van der Waals surface area (Å²) in [6, 6.07) is 10.8. The Hall–Kier alpha value is -2.57. The van der Waals surface area contributed by atoms with E-state index < -0.39 is 39.5 Å². The van der Waals surface area contributed by atoms with Gasteiger partial charge in [-0.2, -0.15) is 0 Å². The first-order chi connectivity index (χ1) is 20.1. The van der Waals surface area contributed by atoms with Crippen molar-refractivity contribution in [3.63, 3.8) is 0 Å². The number of aromatic nitrogens is 1. The maximum Gasteiger partial charge on any atom is 0.289 e. The molecular formula is C30H39BrN4O5S2. The number of carbonyl (C=O) groups is 4. The Kier molecular flexibility index (Phi) is 14.2. The van der Waals surface area contributed by atoms with Crippen molar-refractivity contribution in [1.29, 1.82) is 0 Å². The maximum atomic E-state index is 13.4. The molecule has 1 aliphatic rings. The number of amides is 3. The summed E-state index contributed by atoms with van der Waals surface area (Å²) in [5.74, 6) is -1.66. The lowest BCUT2D eigenvalue weighted by atomic mass is 9.98. The van der Waals surface area contributed by atoms with Crippen molar-refractivity contribution in [2.45, 2.75) is 76.1 Å². The van der Waals surface area contributed by atoms with E-state index in [4.69, 9.17) is 0 Å². The summed E-state index contributed by atoms with van der Waals surface area (Å²) < 4.78 is 12.8. The predicted molar refractivity (Wildman–Crippen MR) is 170 cm³/mol. The van der Waals surface area contributed by atoms with Crippen LogP contribution in [0.15, 0.2) is 53.1 Å². The van der Waals surface area contributed by atoms with E-state index in [0.29, 0.717) is 12.8 Å². The number of hydrogen-bond acceptors (Lipinski definition) is 7. The molecule has 2 heterocycles. The molecule has 0 radical (unpaired) electrons. The number of benzene rings is 1. The standard InChI is InChI=1S/C30H39BrN4O5S2/c1-20(2)27(35-26(36)9-4-3-8-24-15-18-41-42(24)40)29(38)34-25(19-21-10-12-22(31)13-11-21)28(37)30(39)33-17-14-23-7-5-6-16-32-23/h5-7,10-13,16,20,24-25,27H,3-4,8-9,14-15,17-19H2,1-2H3,(H,33,39)(H,34,38)(H,35,36)/t24?,25-,27-,42?/m0/s1. The Morgan fingerprint density at radius 2 is 1.83 bits per heavy atom. The molecule has 3 rings (SSSR count). The van der Waals surface area contributed by atoms with Crippen molar-refractivity contribution in [1.82, 2.24) is 20.9 Å². The number of nitrogens with one attached hydrogen (secondary N) is 3. The van der Waals surface area contributed by atoms with E-state index in [1.54, 1.807) is 12.3 Å². The summed E-state index contributed by atoms with van der Waals surface area (Å²) in [7, 11) is 0.657. The molecule has 0 saturated carbocycles. The average molecular weight is 680 g/mol. The molecule has 0 aliphatic carbocycles. The lowest BCUT2D eigenvalue weighted by Crippen LogP contribution is -2.56. The molecule has 228 valence electrons. The lowest BCUT2D eigenvalue weighted by molar-refractivity contribution is -0.140. The molecular weight excluding hydrogens is 640 g/mol. The third-order valence-corrected chi connectivity index (χ3v) is 11.2. The summed E-state index contributed by atoms with van der Waals surface area (Å²) in [4.78, 5) is 56.4. The van der Waals surface area contributed by atoms with Gasteiger partial charge in [0.05, 0.1) is 9.83 Å². The second-order valence-electron chi connectivity index (χ2n) is 10.6. The van der Waals surface area contributed by atoms with E-state index in [2.05, 4.69) is 36.9 Å². The molecule has 3 N–H and O–H groups in total. The van der Waals surface area contributed by atoms with Crippen LogP contribution in [0.1, 0.15) is 57.2 Å². The number of unbranched alkanes of at least 4 members (excludes halogenated alkanes) is 1. The first-order valence-electron chi connectivity index (χ1n) is 14.2. The summed E-state index contributed by atoms with van der Waals surface area (Å²) in [5.41, 5.74) is 1.55. The second-order valence-corrected chi connectivity index (χ2v) is 15.1. The lowest BCUT2D eigenvalue weighted by Gasteiger charge is -2.25. The number of hydrogen-bond donors (Lipinski definition) is 3. The van der Waals surface area contributed by atoms with Gasteiger partial charge in [0, 0.05) is 53.2 Å². The summed E-state index contributed by atoms with van der Waals surface area (Å²) >= 11 is 3.39. The van der Waals surface area contributed by atoms with E-state index in [-0.39, 0.29) is 36.5 Å². The van der Waals surface area contributed by atoms with Crippen molar-refractivity contribution in [2.24, 2.45) is 5.92 Å². The third kappa shape index (κ3) is 11.3. The second kappa shape index (κ2) is 17.5. The monoisotopic (exact) mass is 678 g/mol. The van der Waals surface area contributed by atoms with Crippen LogP contribution in [0.2, 0.25) is 0 Å². The molecule has 1 saturated heterocycles. The van der Waals surface area contributed by atoms with Crippen LogP contribution >= 0.6 is 26.7 Å². The van der Waals surface area contributed by atoms with Gasteiger partial charge in [0.25, 0.3) is 5.91 Å². The number of ketones is 1. The van der Waals surface area contributed by atoms with Gasteiger partial charge in [-0.3, -0.25) is 24.2 Å². The fourth-order valence-electron chi connectivity index (χ4n) is 4.56. The highest BCUT2D eigenvalue weighted by atomic mass is 79.9. The van der Waals surface area contributed by atoms with Gasteiger partial charge >= 0.3 is 0 Å².